The maximum absolute atomic E-state index is 11.7. The molecular formula is C8H11N3O4S. The van der Waals surface area contributed by atoms with E-state index >= 15 is 0 Å². The number of hydrogen-bond donors (Lipinski definition) is 3. The van der Waals surface area contributed by atoms with E-state index in [-0.39, 0.29) is 17.1 Å². The van der Waals surface area contributed by atoms with E-state index in [1.165, 1.54) is 13.0 Å². The Morgan fingerprint density at radius 1 is 1.69 bits per heavy atom. The monoisotopic (exact) mass is 245 g/mol. The molecule has 0 unspecified atom stereocenters. The minimum atomic E-state index is -3.88. The van der Waals surface area contributed by atoms with E-state index in [1.54, 1.807) is 0 Å². The molecule has 0 spiro atoms. The van der Waals surface area contributed by atoms with E-state index in [0.717, 1.165) is 0 Å². The molecule has 1 rings (SSSR count). The second kappa shape index (κ2) is 4.45. The second-order valence-electron chi connectivity index (χ2n) is 2.97. The molecule has 1 heterocycles. The van der Waals surface area contributed by atoms with Gasteiger partial charge in [0.2, 0.25) is 10.0 Å². The van der Waals surface area contributed by atoms with Crippen LogP contribution in [0.15, 0.2) is 17.6 Å². The van der Waals surface area contributed by atoms with E-state index in [2.05, 4.69) is 21.5 Å². The molecule has 1 aromatic rings. The largest absolute Gasteiger partial charge is 0.476 e. The third-order valence-electron chi connectivity index (χ3n) is 1.78. The Kier molecular flexibility index (Phi) is 3.45. The van der Waals surface area contributed by atoms with Crippen LogP contribution in [0.4, 0.5) is 0 Å². The van der Waals surface area contributed by atoms with Crippen molar-refractivity contribution in [3.05, 3.63) is 24.0 Å². The molecule has 0 radical (unpaired) electrons. The molecule has 0 aliphatic rings. The van der Waals surface area contributed by atoms with E-state index in [4.69, 9.17) is 5.11 Å². The third-order valence-corrected chi connectivity index (χ3v) is 3.36. The van der Waals surface area contributed by atoms with E-state index < -0.39 is 21.7 Å². The molecule has 0 fully saturated rings. The van der Waals surface area contributed by atoms with E-state index in [0.29, 0.717) is 0 Å². The van der Waals surface area contributed by atoms with Gasteiger partial charge >= 0.3 is 5.97 Å². The summed E-state index contributed by atoms with van der Waals surface area (Å²) in [5.41, 5.74) is -0.344. The molecule has 3 N–H and O–H groups in total. The first kappa shape index (κ1) is 12.4. The normalized spacial score (nSPS) is 11.3. The fourth-order valence-corrected chi connectivity index (χ4v) is 2.45. The van der Waals surface area contributed by atoms with Crippen LogP contribution in [0.2, 0.25) is 0 Å². The number of carboxylic acids is 1. The van der Waals surface area contributed by atoms with Crippen LogP contribution in [-0.4, -0.2) is 36.2 Å². The van der Waals surface area contributed by atoms with Crippen molar-refractivity contribution in [2.45, 2.75) is 11.8 Å². The summed E-state index contributed by atoms with van der Waals surface area (Å²) in [5.74, 6) is -1.40. The third kappa shape index (κ3) is 2.28. The number of nitrogens with one attached hydrogen (secondary N) is 2. The summed E-state index contributed by atoms with van der Waals surface area (Å²) in [4.78, 5) is 10.4. The number of H-pyrrole nitrogens is 1. The summed E-state index contributed by atoms with van der Waals surface area (Å²) in [6.07, 6.45) is 1.35. The number of sulfonamides is 1. The Hall–Kier alpha value is -1.67. The van der Waals surface area contributed by atoms with Crippen LogP contribution in [0, 0.1) is 6.92 Å². The van der Waals surface area contributed by atoms with Gasteiger partial charge in [-0.25, -0.2) is 17.9 Å². The summed E-state index contributed by atoms with van der Waals surface area (Å²) >= 11 is 0. The number of carbonyl (C=O) groups is 1. The van der Waals surface area contributed by atoms with Gasteiger partial charge in [-0.05, 0) is 6.92 Å². The molecule has 0 atom stereocenters. The quantitative estimate of drug-likeness (QED) is 0.626. The van der Waals surface area contributed by atoms with Crippen molar-refractivity contribution in [2.24, 2.45) is 0 Å². The number of carboxylic acid groups (broad SMARTS) is 1. The molecule has 0 aliphatic carbocycles. The first-order valence-corrected chi connectivity index (χ1v) is 5.77. The maximum atomic E-state index is 11.7. The lowest BCUT2D eigenvalue weighted by Gasteiger charge is -2.03. The Morgan fingerprint density at radius 3 is 2.81 bits per heavy atom. The molecule has 1 aromatic heterocycles. The van der Waals surface area contributed by atoms with Crippen molar-refractivity contribution in [1.82, 2.24) is 14.9 Å². The van der Waals surface area contributed by atoms with Crippen molar-refractivity contribution < 1.29 is 18.3 Å². The number of hydrogen-bond acceptors (Lipinski definition) is 4. The van der Waals surface area contributed by atoms with Gasteiger partial charge in [0, 0.05) is 6.54 Å². The van der Waals surface area contributed by atoms with Crippen molar-refractivity contribution in [1.29, 1.82) is 0 Å². The molecule has 0 aliphatic heterocycles. The van der Waals surface area contributed by atoms with Crippen LogP contribution in [0.5, 0.6) is 0 Å². The highest BCUT2D eigenvalue weighted by molar-refractivity contribution is 7.89. The molecule has 7 nitrogen and oxygen atoms in total. The first-order valence-electron chi connectivity index (χ1n) is 4.29. The Bertz CT molecular complexity index is 517. The van der Waals surface area contributed by atoms with Gasteiger partial charge in [0.1, 0.15) is 4.90 Å². The van der Waals surface area contributed by atoms with Crippen LogP contribution < -0.4 is 4.72 Å². The zero-order valence-electron chi connectivity index (χ0n) is 8.52. The van der Waals surface area contributed by atoms with Gasteiger partial charge < -0.3 is 5.11 Å². The first-order chi connectivity index (χ1) is 7.40. The van der Waals surface area contributed by atoms with Crippen molar-refractivity contribution in [2.75, 3.05) is 6.54 Å². The SMILES string of the molecule is C=CCNS(=O)(=O)c1c(C(=O)O)n[nH]c1C. The lowest BCUT2D eigenvalue weighted by Crippen LogP contribution is -2.25. The minimum Gasteiger partial charge on any atom is -0.476 e. The standard InChI is InChI=1S/C8H11N3O4S/c1-3-4-9-16(14,15)7-5(2)10-11-6(7)8(12)13/h3,9H,1,4H2,2H3,(H,10,11)(H,12,13). The molecule has 0 bridgehead atoms. The van der Waals surface area contributed by atoms with E-state index in [1.807, 2.05) is 0 Å². The molecular weight excluding hydrogens is 234 g/mol. The second-order valence-corrected chi connectivity index (χ2v) is 4.68. The van der Waals surface area contributed by atoms with Crippen LogP contribution in [0.25, 0.3) is 0 Å². The zero-order chi connectivity index (χ0) is 12.3. The molecule has 0 saturated heterocycles. The van der Waals surface area contributed by atoms with Crippen molar-refractivity contribution in [3.63, 3.8) is 0 Å². The highest BCUT2D eigenvalue weighted by Crippen LogP contribution is 2.16. The predicted octanol–water partition coefficient (Wildman–Crippen LogP) is -0.119. The van der Waals surface area contributed by atoms with Crippen molar-refractivity contribution >= 4 is 16.0 Å². The summed E-state index contributed by atoms with van der Waals surface area (Å²) < 4.78 is 25.6. The topological polar surface area (TPSA) is 112 Å². The van der Waals surface area contributed by atoms with Gasteiger partial charge in [0.25, 0.3) is 0 Å². The molecule has 0 amide bonds. The van der Waals surface area contributed by atoms with E-state index in [9.17, 15) is 13.2 Å². The Morgan fingerprint density at radius 2 is 2.31 bits per heavy atom. The van der Waals surface area contributed by atoms with Gasteiger partial charge in [0.15, 0.2) is 5.69 Å². The summed E-state index contributed by atoms with van der Waals surface area (Å²) in [6, 6.07) is 0. The molecule has 0 saturated carbocycles. The molecule has 8 heteroatoms. The van der Waals surface area contributed by atoms with Crippen LogP contribution in [-0.2, 0) is 10.0 Å². The summed E-state index contributed by atoms with van der Waals surface area (Å²) in [6.45, 7) is 4.81. The Balaban J connectivity index is 3.26. The highest BCUT2D eigenvalue weighted by Gasteiger charge is 2.27. The number of rotatable bonds is 5. The fourth-order valence-electron chi connectivity index (χ4n) is 1.13. The van der Waals surface area contributed by atoms with Crippen molar-refractivity contribution in [3.8, 4) is 0 Å². The molecule has 88 valence electrons. The van der Waals surface area contributed by atoms with Gasteiger partial charge in [0.05, 0.1) is 5.69 Å². The average Bonchev–Trinajstić information content (AvgIpc) is 2.58. The Labute approximate surface area is 92.2 Å². The molecule has 0 aromatic carbocycles. The van der Waals surface area contributed by atoms with Gasteiger partial charge in [-0.15, -0.1) is 6.58 Å². The number of aromatic carboxylic acids is 1. The van der Waals surface area contributed by atoms with Gasteiger partial charge in [-0.1, -0.05) is 6.08 Å². The van der Waals surface area contributed by atoms with Crippen LogP contribution >= 0.6 is 0 Å². The lowest BCUT2D eigenvalue weighted by atomic mass is 10.4. The highest BCUT2D eigenvalue weighted by atomic mass is 32.2. The number of aryl methyl sites for hydroxylation is 1. The number of nitrogens with zero attached hydrogens (tertiary/aromatic N) is 1. The maximum Gasteiger partial charge on any atom is 0.357 e. The van der Waals surface area contributed by atoms with Crippen LogP contribution in [0.3, 0.4) is 0 Å². The summed E-state index contributed by atoms with van der Waals surface area (Å²) in [7, 11) is -3.88. The number of aromatic nitrogens is 2. The smallest absolute Gasteiger partial charge is 0.357 e. The fraction of sp³-hybridized carbons (Fsp3) is 0.250. The zero-order valence-corrected chi connectivity index (χ0v) is 9.34. The van der Waals surface area contributed by atoms with Gasteiger partial charge in [-0.3, -0.25) is 5.10 Å². The molecule has 16 heavy (non-hydrogen) atoms. The predicted molar refractivity (Wildman–Crippen MR) is 55.7 cm³/mol. The lowest BCUT2D eigenvalue weighted by molar-refractivity contribution is 0.0686. The summed E-state index contributed by atoms with van der Waals surface area (Å²) in [5, 5.41) is 14.5. The average molecular weight is 245 g/mol. The van der Waals surface area contributed by atoms with Crippen LogP contribution in [0.1, 0.15) is 16.2 Å². The van der Waals surface area contributed by atoms with Gasteiger partial charge in [-0.2, -0.15) is 5.10 Å². The number of aromatic amines is 1. The minimum absolute atomic E-state index is 0.0199.